The first kappa shape index (κ1) is 9.58. The van der Waals surface area contributed by atoms with Crippen molar-refractivity contribution in [2.75, 3.05) is 7.11 Å². The fourth-order valence-electron chi connectivity index (χ4n) is 1.61. The maximum atomic E-state index is 10.7. The minimum Gasteiger partial charge on any atom is -0.497 e. The molecule has 0 unspecified atom stereocenters. The lowest BCUT2D eigenvalue weighted by Gasteiger charge is -1.99. The Labute approximate surface area is 87.0 Å². The van der Waals surface area contributed by atoms with Gasteiger partial charge >= 0.3 is 0 Å². The highest BCUT2D eigenvalue weighted by molar-refractivity contribution is 5.88. The number of carbonyl (C=O) groups excluding carboxylic acids is 1. The lowest BCUT2D eigenvalue weighted by Crippen LogP contribution is -2.01. The van der Waals surface area contributed by atoms with Crippen molar-refractivity contribution in [3.8, 4) is 5.75 Å². The molecule has 0 aliphatic carbocycles. The lowest BCUT2D eigenvalue weighted by molar-refractivity contribution is -0.118. The highest BCUT2D eigenvalue weighted by atomic mass is 16.5. The van der Waals surface area contributed by atoms with Gasteiger partial charge in [-0.05, 0) is 17.7 Å². The minimum absolute atomic E-state index is 0.145. The van der Waals surface area contributed by atoms with E-state index in [9.17, 15) is 4.79 Å². The van der Waals surface area contributed by atoms with Crippen LogP contribution in [0.5, 0.6) is 5.75 Å². The molecule has 0 aliphatic rings. The summed E-state index contributed by atoms with van der Waals surface area (Å²) in [5.41, 5.74) is 8.71. The highest BCUT2D eigenvalue weighted by Crippen LogP contribution is 2.23. The summed E-state index contributed by atoms with van der Waals surface area (Å²) in [6, 6.07) is 5.60. The smallest absolute Gasteiger partial charge is 0.242 e. The second-order valence-electron chi connectivity index (χ2n) is 3.33. The lowest BCUT2D eigenvalue weighted by atomic mass is 10.1. The third kappa shape index (κ3) is 1.79. The van der Waals surface area contributed by atoms with Crippen molar-refractivity contribution in [1.82, 2.24) is 10.7 Å². The summed E-state index contributed by atoms with van der Waals surface area (Å²) in [7, 11) is 1.61. The molecule has 1 amide bonds. The zero-order valence-corrected chi connectivity index (χ0v) is 8.33. The molecule has 4 nitrogen and oxygen atoms in total. The van der Waals surface area contributed by atoms with Crippen LogP contribution in [0.25, 0.3) is 10.9 Å². The molecule has 2 N–H and O–H groups in total. The van der Waals surface area contributed by atoms with Crippen LogP contribution in [0.3, 0.4) is 0 Å². The summed E-state index contributed by atoms with van der Waals surface area (Å²) in [5.74, 6) is 0.194. The third-order valence-electron chi connectivity index (χ3n) is 2.33. The average molecular weight is 203 g/mol. The van der Waals surface area contributed by atoms with Crippen LogP contribution in [-0.4, -0.2) is 18.0 Å². The van der Waals surface area contributed by atoms with E-state index in [1.54, 1.807) is 13.3 Å². The number of amides is 1. The fraction of sp³-hybridized carbons (Fsp3) is 0.182. The number of nitrogens with one attached hydrogen (secondary N) is 2. The SMILES string of the molecule is COc1ccc2c(CC([NH])=O)c[nH]c2c1. The second-order valence-corrected chi connectivity index (χ2v) is 3.33. The number of aromatic nitrogens is 1. The summed E-state index contributed by atoms with van der Waals surface area (Å²) in [6.07, 6.45) is 1.91. The molecule has 1 aromatic heterocycles. The predicted molar refractivity (Wildman–Crippen MR) is 56.7 cm³/mol. The maximum absolute atomic E-state index is 10.7. The van der Waals surface area contributed by atoms with Crippen molar-refractivity contribution < 1.29 is 9.53 Å². The Kier molecular flexibility index (Phi) is 2.33. The first-order chi connectivity index (χ1) is 7.20. The van der Waals surface area contributed by atoms with Crippen LogP contribution in [0.15, 0.2) is 24.4 Å². The molecule has 1 radical (unpaired) electrons. The van der Waals surface area contributed by atoms with Crippen LogP contribution >= 0.6 is 0 Å². The summed E-state index contributed by atoms with van der Waals surface area (Å²) in [6.45, 7) is 0. The van der Waals surface area contributed by atoms with Crippen molar-refractivity contribution in [3.05, 3.63) is 30.0 Å². The van der Waals surface area contributed by atoms with Gasteiger partial charge in [-0.3, -0.25) is 10.5 Å². The monoisotopic (exact) mass is 203 g/mol. The molecule has 2 aromatic rings. The standard InChI is InChI=1S/C11H11N2O2/c1-15-8-2-3-9-7(4-11(12)14)6-13-10(9)5-8/h2-3,5-6,12-13H,4H2,1H3. The Balaban J connectivity index is 2.47. The van der Waals surface area contributed by atoms with E-state index in [1.165, 1.54) is 0 Å². The Bertz CT molecular complexity index is 502. The van der Waals surface area contributed by atoms with Gasteiger partial charge in [0.2, 0.25) is 5.91 Å². The Morgan fingerprint density at radius 1 is 1.53 bits per heavy atom. The van der Waals surface area contributed by atoms with Crippen LogP contribution < -0.4 is 10.5 Å². The molecule has 0 bridgehead atoms. The van der Waals surface area contributed by atoms with E-state index < -0.39 is 5.91 Å². The molecule has 0 fully saturated rings. The van der Waals surface area contributed by atoms with E-state index in [-0.39, 0.29) is 6.42 Å². The van der Waals surface area contributed by atoms with Gasteiger partial charge in [0.25, 0.3) is 0 Å². The molecule has 0 aliphatic heterocycles. The number of benzene rings is 1. The van der Waals surface area contributed by atoms with Gasteiger partial charge in [0.1, 0.15) is 5.75 Å². The Morgan fingerprint density at radius 3 is 3.00 bits per heavy atom. The fourth-order valence-corrected chi connectivity index (χ4v) is 1.61. The minimum atomic E-state index is -0.577. The number of carbonyl (C=O) groups is 1. The third-order valence-corrected chi connectivity index (χ3v) is 2.33. The number of H-pyrrole nitrogens is 1. The largest absolute Gasteiger partial charge is 0.497 e. The van der Waals surface area contributed by atoms with E-state index >= 15 is 0 Å². The van der Waals surface area contributed by atoms with Gasteiger partial charge in [-0.25, -0.2) is 0 Å². The number of aromatic amines is 1. The second kappa shape index (κ2) is 3.65. The number of fused-ring (bicyclic) bond motifs is 1. The van der Waals surface area contributed by atoms with Crippen molar-refractivity contribution in [1.29, 1.82) is 0 Å². The molecule has 4 heteroatoms. The maximum Gasteiger partial charge on any atom is 0.242 e. The van der Waals surface area contributed by atoms with Gasteiger partial charge in [-0.15, -0.1) is 0 Å². The van der Waals surface area contributed by atoms with Crippen LogP contribution in [0.4, 0.5) is 0 Å². The van der Waals surface area contributed by atoms with E-state index in [2.05, 4.69) is 4.98 Å². The molecule has 0 saturated carbocycles. The predicted octanol–water partition coefficient (Wildman–Crippen LogP) is 1.53. The average Bonchev–Trinajstić information content (AvgIpc) is 2.60. The number of rotatable bonds is 3. The van der Waals surface area contributed by atoms with E-state index in [1.807, 2.05) is 18.2 Å². The van der Waals surface area contributed by atoms with Gasteiger partial charge in [0, 0.05) is 23.2 Å². The van der Waals surface area contributed by atoms with Gasteiger partial charge in [0.15, 0.2) is 0 Å². The summed E-state index contributed by atoms with van der Waals surface area (Å²) >= 11 is 0. The van der Waals surface area contributed by atoms with Gasteiger partial charge in [-0.2, -0.15) is 0 Å². The van der Waals surface area contributed by atoms with Crippen LogP contribution in [0, 0.1) is 0 Å². The van der Waals surface area contributed by atoms with E-state index in [0.29, 0.717) is 0 Å². The first-order valence-electron chi connectivity index (χ1n) is 4.59. The van der Waals surface area contributed by atoms with Crippen LogP contribution in [0.2, 0.25) is 0 Å². The summed E-state index contributed by atoms with van der Waals surface area (Å²) in [4.78, 5) is 13.8. The molecule has 1 heterocycles. The topological polar surface area (TPSA) is 65.9 Å². The van der Waals surface area contributed by atoms with Crippen LogP contribution in [0.1, 0.15) is 5.56 Å². The normalized spacial score (nSPS) is 10.5. The van der Waals surface area contributed by atoms with Gasteiger partial charge < -0.3 is 9.72 Å². The Morgan fingerprint density at radius 2 is 2.33 bits per heavy atom. The molecule has 0 spiro atoms. The van der Waals surface area contributed by atoms with E-state index in [0.717, 1.165) is 22.2 Å². The molecular formula is C11H11N2O2. The quantitative estimate of drug-likeness (QED) is 0.822. The molecule has 15 heavy (non-hydrogen) atoms. The molecular weight excluding hydrogens is 192 g/mol. The number of ether oxygens (including phenoxy) is 1. The van der Waals surface area contributed by atoms with E-state index in [4.69, 9.17) is 10.5 Å². The van der Waals surface area contributed by atoms with Crippen LogP contribution in [-0.2, 0) is 11.2 Å². The molecule has 1 aromatic carbocycles. The van der Waals surface area contributed by atoms with Crippen molar-refractivity contribution >= 4 is 16.8 Å². The molecule has 0 atom stereocenters. The molecule has 0 saturated heterocycles. The van der Waals surface area contributed by atoms with Gasteiger partial charge in [-0.1, -0.05) is 0 Å². The summed E-state index contributed by atoms with van der Waals surface area (Å²) in [5, 5.41) is 0.969. The van der Waals surface area contributed by atoms with Crippen molar-refractivity contribution in [2.45, 2.75) is 6.42 Å². The number of hydrogen-bond donors (Lipinski definition) is 1. The number of hydrogen-bond acceptors (Lipinski definition) is 2. The van der Waals surface area contributed by atoms with Crippen molar-refractivity contribution in [3.63, 3.8) is 0 Å². The zero-order valence-electron chi connectivity index (χ0n) is 8.33. The summed E-state index contributed by atoms with van der Waals surface area (Å²) < 4.78 is 5.09. The van der Waals surface area contributed by atoms with Crippen molar-refractivity contribution in [2.24, 2.45) is 0 Å². The Hall–Kier alpha value is -1.97. The highest BCUT2D eigenvalue weighted by Gasteiger charge is 2.07. The number of methoxy groups -OCH3 is 1. The molecule has 2 rings (SSSR count). The molecule has 77 valence electrons. The zero-order chi connectivity index (χ0) is 10.8. The first-order valence-corrected chi connectivity index (χ1v) is 4.59. The van der Waals surface area contributed by atoms with Gasteiger partial charge in [0.05, 0.1) is 13.5 Å².